The first-order valence-electron chi connectivity index (χ1n) is 6.03. The van der Waals surface area contributed by atoms with Gasteiger partial charge in [-0.2, -0.15) is 11.8 Å². The van der Waals surface area contributed by atoms with Crippen molar-refractivity contribution in [1.29, 1.82) is 0 Å². The minimum absolute atomic E-state index is 0.283. The van der Waals surface area contributed by atoms with E-state index < -0.39 is 5.97 Å². The summed E-state index contributed by atoms with van der Waals surface area (Å²) in [6.07, 6.45) is 1.58. The molecule has 0 spiro atoms. The molecule has 0 unspecified atom stereocenters. The van der Waals surface area contributed by atoms with Crippen LogP contribution in [0.25, 0.3) is 0 Å². The first-order valence-corrected chi connectivity index (χ1v) is 7.18. The molecule has 6 nitrogen and oxygen atoms in total. The third-order valence-corrected chi connectivity index (χ3v) is 3.45. The molecule has 0 aliphatic rings. The molecule has 0 amide bonds. The maximum atomic E-state index is 11.5. The normalized spacial score (nSPS) is 10.6. The Balaban J connectivity index is 2.71. The lowest BCUT2D eigenvalue weighted by Crippen LogP contribution is -2.14. The predicted octanol–water partition coefficient (Wildman–Crippen LogP) is 0.709. The Morgan fingerprint density at radius 2 is 2.33 bits per heavy atom. The fourth-order valence-electron chi connectivity index (χ4n) is 1.61. The molecule has 0 aromatic carbocycles. The lowest BCUT2D eigenvalue weighted by molar-refractivity contribution is 0.0592. The second-order valence-electron chi connectivity index (χ2n) is 3.69. The zero-order valence-electron chi connectivity index (χ0n) is 10.9. The summed E-state index contributed by atoms with van der Waals surface area (Å²) in [6, 6.07) is 0. The molecule has 7 heteroatoms. The molecule has 0 saturated carbocycles. The van der Waals surface area contributed by atoms with E-state index in [1.165, 1.54) is 7.11 Å². The van der Waals surface area contributed by atoms with E-state index in [-0.39, 0.29) is 5.69 Å². The van der Waals surface area contributed by atoms with Crippen molar-refractivity contribution < 1.29 is 9.53 Å². The van der Waals surface area contributed by atoms with Gasteiger partial charge in [0.2, 0.25) is 0 Å². The van der Waals surface area contributed by atoms with Crippen molar-refractivity contribution >= 4 is 17.7 Å². The number of aromatic nitrogens is 3. The number of ether oxygens (including phenoxy) is 1. The average molecular weight is 272 g/mol. The lowest BCUT2D eigenvalue weighted by atomic mass is 10.2. The summed E-state index contributed by atoms with van der Waals surface area (Å²) in [5.41, 5.74) is 6.60. The van der Waals surface area contributed by atoms with Crippen molar-refractivity contribution in [2.75, 3.05) is 25.2 Å². The summed E-state index contributed by atoms with van der Waals surface area (Å²) < 4.78 is 6.44. The van der Waals surface area contributed by atoms with Gasteiger partial charge in [-0.15, -0.1) is 5.10 Å². The number of carbonyl (C=O) groups excluding carboxylic acids is 1. The topological polar surface area (TPSA) is 83.0 Å². The van der Waals surface area contributed by atoms with Crippen LogP contribution >= 0.6 is 11.8 Å². The Hall–Kier alpha value is -1.08. The summed E-state index contributed by atoms with van der Waals surface area (Å²) >= 11 is 1.89. The Labute approximate surface area is 111 Å². The van der Waals surface area contributed by atoms with Crippen LogP contribution in [0, 0.1) is 0 Å². The van der Waals surface area contributed by atoms with Gasteiger partial charge in [-0.25, -0.2) is 9.48 Å². The van der Waals surface area contributed by atoms with Gasteiger partial charge in [0.25, 0.3) is 0 Å². The summed E-state index contributed by atoms with van der Waals surface area (Å²) in [6.45, 7) is 3.35. The van der Waals surface area contributed by atoms with Gasteiger partial charge < -0.3 is 10.5 Å². The van der Waals surface area contributed by atoms with Crippen molar-refractivity contribution in [2.45, 2.75) is 26.3 Å². The number of thioether (sulfide) groups is 1. The minimum Gasteiger partial charge on any atom is -0.464 e. The smallest absolute Gasteiger partial charge is 0.360 e. The van der Waals surface area contributed by atoms with E-state index in [4.69, 9.17) is 5.73 Å². The summed E-state index contributed by atoms with van der Waals surface area (Å²) in [7, 11) is 1.34. The minimum atomic E-state index is -0.451. The highest BCUT2D eigenvalue weighted by Gasteiger charge is 2.19. The Bertz CT molecular complexity index is 381. The molecular formula is C11H20N4O2S. The van der Waals surface area contributed by atoms with Gasteiger partial charge in [0.15, 0.2) is 5.69 Å². The van der Waals surface area contributed by atoms with Crippen LogP contribution in [0.15, 0.2) is 0 Å². The maximum absolute atomic E-state index is 11.5. The lowest BCUT2D eigenvalue weighted by Gasteiger charge is -2.06. The van der Waals surface area contributed by atoms with Crippen LogP contribution in [0.4, 0.5) is 0 Å². The molecule has 1 rings (SSSR count). The van der Waals surface area contributed by atoms with Gasteiger partial charge in [-0.3, -0.25) is 0 Å². The number of nitrogens with two attached hydrogens (primary N) is 1. The zero-order chi connectivity index (χ0) is 13.4. The van der Waals surface area contributed by atoms with Crippen molar-refractivity contribution in [3.63, 3.8) is 0 Å². The van der Waals surface area contributed by atoms with E-state index in [1.54, 1.807) is 4.68 Å². The molecule has 0 fully saturated rings. The number of esters is 1. The van der Waals surface area contributed by atoms with Crippen LogP contribution in [-0.2, 0) is 17.7 Å². The van der Waals surface area contributed by atoms with Gasteiger partial charge in [-0.05, 0) is 24.5 Å². The number of hydrogen-bond donors (Lipinski definition) is 1. The molecule has 0 radical (unpaired) electrons. The SMILES string of the molecule is CCSCCCn1nnc(C(=O)OC)c1CCN. The van der Waals surface area contributed by atoms with E-state index in [1.807, 2.05) is 11.8 Å². The van der Waals surface area contributed by atoms with E-state index in [0.717, 1.165) is 30.2 Å². The zero-order valence-corrected chi connectivity index (χ0v) is 11.7. The molecule has 0 bridgehead atoms. The first-order chi connectivity index (χ1) is 8.74. The van der Waals surface area contributed by atoms with Crippen molar-refractivity contribution in [1.82, 2.24) is 15.0 Å². The van der Waals surface area contributed by atoms with Crippen LogP contribution in [0.5, 0.6) is 0 Å². The third kappa shape index (κ3) is 3.99. The standard InChI is InChI=1S/C11H20N4O2S/c1-3-18-8-4-7-15-9(5-6-12)10(13-14-15)11(16)17-2/h3-8,12H2,1-2H3. The second kappa shape index (κ2) is 8.10. The Kier molecular flexibility index (Phi) is 6.74. The van der Waals surface area contributed by atoms with E-state index in [9.17, 15) is 4.79 Å². The quantitative estimate of drug-likeness (QED) is 0.554. The predicted molar refractivity (Wildman–Crippen MR) is 71.7 cm³/mol. The average Bonchev–Trinajstić information content (AvgIpc) is 2.77. The van der Waals surface area contributed by atoms with Crippen LogP contribution in [0.2, 0.25) is 0 Å². The molecule has 0 atom stereocenters. The molecule has 18 heavy (non-hydrogen) atoms. The van der Waals surface area contributed by atoms with Crippen LogP contribution in [-0.4, -0.2) is 46.1 Å². The Morgan fingerprint density at radius 1 is 1.56 bits per heavy atom. The van der Waals surface area contributed by atoms with Crippen molar-refractivity contribution in [3.8, 4) is 0 Å². The summed E-state index contributed by atoms with van der Waals surface area (Å²) in [5, 5.41) is 7.88. The van der Waals surface area contributed by atoms with Crippen LogP contribution in [0.1, 0.15) is 29.5 Å². The van der Waals surface area contributed by atoms with E-state index in [2.05, 4.69) is 22.0 Å². The van der Waals surface area contributed by atoms with Crippen LogP contribution < -0.4 is 5.73 Å². The molecule has 0 aliphatic heterocycles. The molecule has 1 aromatic rings. The fraction of sp³-hybridized carbons (Fsp3) is 0.727. The third-order valence-electron chi connectivity index (χ3n) is 2.46. The monoisotopic (exact) mass is 272 g/mol. The highest BCUT2D eigenvalue weighted by atomic mass is 32.2. The molecule has 2 N–H and O–H groups in total. The van der Waals surface area contributed by atoms with Gasteiger partial charge >= 0.3 is 5.97 Å². The largest absolute Gasteiger partial charge is 0.464 e. The van der Waals surface area contributed by atoms with Crippen LogP contribution in [0.3, 0.4) is 0 Å². The number of methoxy groups -OCH3 is 1. The fourth-order valence-corrected chi connectivity index (χ4v) is 2.23. The summed E-state index contributed by atoms with van der Waals surface area (Å²) in [4.78, 5) is 11.5. The number of aryl methyl sites for hydroxylation is 1. The van der Waals surface area contributed by atoms with Gasteiger partial charge in [0, 0.05) is 13.0 Å². The van der Waals surface area contributed by atoms with E-state index in [0.29, 0.717) is 13.0 Å². The number of rotatable bonds is 8. The Morgan fingerprint density at radius 3 is 2.94 bits per heavy atom. The maximum Gasteiger partial charge on any atom is 0.360 e. The molecule has 1 heterocycles. The molecule has 0 aliphatic carbocycles. The summed E-state index contributed by atoms with van der Waals surface area (Å²) in [5.74, 6) is 1.74. The molecule has 102 valence electrons. The second-order valence-corrected chi connectivity index (χ2v) is 5.08. The highest BCUT2D eigenvalue weighted by molar-refractivity contribution is 7.99. The molecule has 1 aromatic heterocycles. The molecule has 0 saturated heterocycles. The van der Waals surface area contributed by atoms with Crippen molar-refractivity contribution in [2.24, 2.45) is 5.73 Å². The van der Waals surface area contributed by atoms with Gasteiger partial charge in [0.1, 0.15) is 0 Å². The highest BCUT2D eigenvalue weighted by Crippen LogP contribution is 2.10. The van der Waals surface area contributed by atoms with Crippen molar-refractivity contribution in [3.05, 3.63) is 11.4 Å². The number of hydrogen-bond acceptors (Lipinski definition) is 6. The first kappa shape index (κ1) is 15.0. The molecular weight excluding hydrogens is 252 g/mol. The van der Waals surface area contributed by atoms with Gasteiger partial charge in [-0.1, -0.05) is 12.1 Å². The van der Waals surface area contributed by atoms with E-state index >= 15 is 0 Å². The van der Waals surface area contributed by atoms with Gasteiger partial charge in [0.05, 0.1) is 12.8 Å². The number of nitrogens with zero attached hydrogens (tertiary/aromatic N) is 3. The number of carbonyl (C=O) groups is 1.